The van der Waals surface area contributed by atoms with Gasteiger partial charge in [0.15, 0.2) is 0 Å². The van der Waals surface area contributed by atoms with Crippen molar-refractivity contribution in [2.75, 3.05) is 17.2 Å². The Morgan fingerprint density at radius 2 is 1.81 bits per heavy atom. The molecule has 0 aromatic carbocycles. The van der Waals surface area contributed by atoms with E-state index >= 15 is 0 Å². The molecule has 1 aromatic heterocycles. The van der Waals surface area contributed by atoms with Gasteiger partial charge in [-0.15, -0.1) is 0 Å². The Kier molecular flexibility index (Phi) is 3.21. The zero-order valence-corrected chi connectivity index (χ0v) is 12.3. The Morgan fingerprint density at radius 1 is 1.00 bits per heavy atom. The summed E-state index contributed by atoms with van der Waals surface area (Å²) in [5, 5.41) is 10.2. The van der Waals surface area contributed by atoms with E-state index in [-0.39, 0.29) is 12.1 Å². The minimum Gasteiger partial charge on any atom is -0.391 e. The van der Waals surface area contributed by atoms with Crippen LogP contribution in [0.2, 0.25) is 0 Å². The molecule has 3 fully saturated rings. The average molecular weight is 289 g/mol. The third-order valence-corrected chi connectivity index (χ3v) is 5.45. The highest BCUT2D eigenvalue weighted by Gasteiger charge is 2.44. The lowest BCUT2D eigenvalue weighted by atomic mass is 10.0. The van der Waals surface area contributed by atoms with Gasteiger partial charge in [-0.1, -0.05) is 12.8 Å². The zero-order chi connectivity index (χ0) is 14.4. The number of fused-ring (bicyclic) bond motifs is 1. The molecule has 0 spiro atoms. The van der Waals surface area contributed by atoms with Crippen LogP contribution in [0.25, 0.3) is 0 Å². The van der Waals surface area contributed by atoms with Gasteiger partial charge in [0.2, 0.25) is 11.9 Å². The number of nitrogens with two attached hydrogens (primary N) is 1. The van der Waals surface area contributed by atoms with Crippen molar-refractivity contribution in [1.29, 1.82) is 0 Å². The lowest BCUT2D eigenvalue weighted by Gasteiger charge is -2.27. The van der Waals surface area contributed by atoms with Crippen LogP contribution in [0.4, 0.5) is 11.9 Å². The van der Waals surface area contributed by atoms with Gasteiger partial charge >= 0.3 is 0 Å². The fraction of sp³-hybridized carbons (Fsp3) is 0.800. The second-order valence-corrected chi connectivity index (χ2v) is 6.71. The van der Waals surface area contributed by atoms with Crippen LogP contribution < -0.4 is 10.6 Å². The quantitative estimate of drug-likeness (QED) is 0.857. The molecule has 6 nitrogen and oxygen atoms in total. The first kappa shape index (κ1) is 13.2. The minimum atomic E-state index is -0.259. The molecule has 1 aliphatic heterocycles. The van der Waals surface area contributed by atoms with Gasteiger partial charge in [-0.25, -0.2) is 0 Å². The smallest absolute Gasteiger partial charge is 0.230 e. The summed E-state index contributed by atoms with van der Waals surface area (Å²) >= 11 is 0. The Labute approximate surface area is 124 Å². The van der Waals surface area contributed by atoms with Gasteiger partial charge in [-0.3, -0.25) is 0 Å². The number of anilines is 2. The Bertz CT molecular complexity index is 531. The van der Waals surface area contributed by atoms with Crippen molar-refractivity contribution < 1.29 is 5.11 Å². The number of rotatable bonds is 2. The number of nitrogen functional groups attached to an aromatic ring is 1. The Morgan fingerprint density at radius 3 is 2.62 bits per heavy atom. The maximum atomic E-state index is 10.2. The van der Waals surface area contributed by atoms with Gasteiger partial charge in [0.05, 0.1) is 12.1 Å². The standard InChI is InChI=1S/C15H23N5O/c16-14-17-13(10-3-1-2-4-10)18-15(19-14)20-8-7-9-5-6-11(21)12(9)20/h9-12,21H,1-8H2,(H2,16,17,18,19)/t9-,11+,12+/m0/s1. The maximum absolute atomic E-state index is 10.2. The monoisotopic (exact) mass is 289 g/mol. The maximum Gasteiger partial charge on any atom is 0.230 e. The van der Waals surface area contributed by atoms with Crippen molar-refractivity contribution in [2.24, 2.45) is 5.92 Å². The highest BCUT2D eigenvalue weighted by atomic mass is 16.3. The van der Waals surface area contributed by atoms with Crippen LogP contribution in [0.3, 0.4) is 0 Å². The van der Waals surface area contributed by atoms with Crippen LogP contribution in [0, 0.1) is 5.92 Å². The van der Waals surface area contributed by atoms with Crippen molar-refractivity contribution in [3.05, 3.63) is 5.82 Å². The molecule has 0 bridgehead atoms. The van der Waals surface area contributed by atoms with Gasteiger partial charge in [0.1, 0.15) is 5.82 Å². The van der Waals surface area contributed by atoms with Gasteiger partial charge in [-0.05, 0) is 38.0 Å². The van der Waals surface area contributed by atoms with E-state index in [9.17, 15) is 5.11 Å². The van der Waals surface area contributed by atoms with Gasteiger partial charge in [-0.2, -0.15) is 15.0 Å². The molecular formula is C15H23N5O. The highest BCUT2D eigenvalue weighted by molar-refractivity contribution is 5.39. The molecule has 0 amide bonds. The number of aliphatic hydroxyl groups excluding tert-OH is 1. The molecule has 2 aliphatic carbocycles. The van der Waals surface area contributed by atoms with Gasteiger partial charge < -0.3 is 15.7 Å². The lowest BCUT2D eigenvalue weighted by molar-refractivity contribution is 0.160. The minimum absolute atomic E-state index is 0.170. The molecule has 4 rings (SSSR count). The van der Waals surface area contributed by atoms with E-state index in [1.807, 2.05) is 0 Å². The van der Waals surface area contributed by atoms with Gasteiger partial charge in [0, 0.05) is 12.5 Å². The van der Waals surface area contributed by atoms with Crippen molar-refractivity contribution in [3.63, 3.8) is 0 Å². The predicted molar refractivity (Wildman–Crippen MR) is 79.9 cm³/mol. The summed E-state index contributed by atoms with van der Waals surface area (Å²) in [5.74, 6) is 2.86. The van der Waals surface area contributed by atoms with E-state index in [2.05, 4.69) is 14.9 Å². The van der Waals surface area contributed by atoms with Crippen LogP contribution >= 0.6 is 0 Å². The molecule has 2 saturated carbocycles. The molecule has 1 saturated heterocycles. The molecule has 6 heteroatoms. The Hall–Kier alpha value is -1.43. The van der Waals surface area contributed by atoms with E-state index in [0.717, 1.165) is 44.5 Å². The number of hydrogen-bond acceptors (Lipinski definition) is 6. The summed E-state index contributed by atoms with van der Waals surface area (Å²) in [6.45, 7) is 0.917. The Balaban J connectivity index is 1.65. The van der Waals surface area contributed by atoms with E-state index in [0.29, 0.717) is 23.7 Å². The van der Waals surface area contributed by atoms with E-state index < -0.39 is 0 Å². The SMILES string of the molecule is Nc1nc(C2CCCC2)nc(N2CC[C@@H]3CC[C@@H](O)[C@@H]32)n1. The number of aromatic nitrogens is 3. The second-order valence-electron chi connectivity index (χ2n) is 6.71. The molecular weight excluding hydrogens is 266 g/mol. The number of aliphatic hydroxyl groups is 1. The first-order valence-electron chi connectivity index (χ1n) is 8.18. The van der Waals surface area contributed by atoms with Crippen molar-refractivity contribution in [3.8, 4) is 0 Å². The molecule has 1 aromatic rings. The highest BCUT2D eigenvalue weighted by Crippen LogP contribution is 2.40. The molecule has 3 aliphatic rings. The summed E-state index contributed by atoms with van der Waals surface area (Å²) in [4.78, 5) is 15.6. The number of nitrogens with zero attached hydrogens (tertiary/aromatic N) is 4. The van der Waals surface area contributed by atoms with Crippen LogP contribution in [0.15, 0.2) is 0 Å². The molecule has 0 radical (unpaired) electrons. The average Bonchev–Trinajstić information content (AvgIpc) is 3.17. The van der Waals surface area contributed by atoms with E-state index in [4.69, 9.17) is 10.7 Å². The normalized spacial score (nSPS) is 32.8. The van der Waals surface area contributed by atoms with Crippen LogP contribution in [0.1, 0.15) is 56.7 Å². The lowest BCUT2D eigenvalue weighted by Crippen LogP contribution is -2.39. The summed E-state index contributed by atoms with van der Waals surface area (Å²) < 4.78 is 0. The predicted octanol–water partition coefficient (Wildman–Crippen LogP) is 1.46. The van der Waals surface area contributed by atoms with Crippen LogP contribution in [-0.4, -0.2) is 38.7 Å². The van der Waals surface area contributed by atoms with Crippen LogP contribution in [0.5, 0.6) is 0 Å². The van der Waals surface area contributed by atoms with Crippen LogP contribution in [-0.2, 0) is 0 Å². The summed E-state index contributed by atoms with van der Waals surface area (Å²) in [6, 6.07) is 0.170. The van der Waals surface area contributed by atoms with Crippen molar-refractivity contribution in [1.82, 2.24) is 15.0 Å². The molecule has 3 atom stereocenters. The van der Waals surface area contributed by atoms with E-state index in [1.54, 1.807) is 0 Å². The number of hydrogen-bond donors (Lipinski definition) is 2. The fourth-order valence-corrected chi connectivity index (χ4v) is 4.40. The van der Waals surface area contributed by atoms with E-state index in [1.165, 1.54) is 12.8 Å². The molecule has 2 heterocycles. The molecule has 0 unspecified atom stereocenters. The first-order chi connectivity index (χ1) is 10.2. The zero-order valence-electron chi connectivity index (χ0n) is 12.3. The summed E-state index contributed by atoms with van der Waals surface area (Å²) in [6.07, 6.45) is 7.66. The molecule has 21 heavy (non-hydrogen) atoms. The largest absolute Gasteiger partial charge is 0.391 e. The topological polar surface area (TPSA) is 88.2 Å². The summed E-state index contributed by atoms with van der Waals surface area (Å²) in [7, 11) is 0. The molecule has 3 N–H and O–H groups in total. The molecule has 114 valence electrons. The second kappa shape index (κ2) is 5.09. The van der Waals surface area contributed by atoms with Gasteiger partial charge in [0.25, 0.3) is 0 Å². The third-order valence-electron chi connectivity index (χ3n) is 5.45. The fourth-order valence-electron chi connectivity index (χ4n) is 4.40. The summed E-state index contributed by atoms with van der Waals surface area (Å²) in [5.41, 5.74) is 5.92. The van der Waals surface area contributed by atoms with Crippen molar-refractivity contribution >= 4 is 11.9 Å². The first-order valence-corrected chi connectivity index (χ1v) is 8.18. The van der Waals surface area contributed by atoms with Crippen molar-refractivity contribution in [2.45, 2.75) is 63.0 Å². The third kappa shape index (κ3) is 2.25.